The Morgan fingerprint density at radius 3 is 2.65 bits per heavy atom. The molecular weight excluding hydrogens is 236 g/mol. The molecule has 0 atom stereocenters. The highest BCUT2D eigenvalue weighted by atomic mass is 32.1. The number of aromatic nitrogens is 2. The fraction of sp³-hybridized carbons (Fsp3) is 0.818. The fourth-order valence-electron chi connectivity index (χ4n) is 1.97. The Morgan fingerprint density at radius 2 is 2.06 bits per heavy atom. The molecule has 1 fully saturated rings. The number of aliphatic hydroxyl groups excluding tert-OH is 1. The van der Waals surface area contributed by atoms with Crippen molar-refractivity contribution in [3.8, 4) is 0 Å². The molecule has 96 valence electrons. The molecule has 0 amide bonds. The van der Waals surface area contributed by atoms with Gasteiger partial charge in [0.05, 0.1) is 0 Å². The first-order chi connectivity index (χ1) is 8.33. The Morgan fingerprint density at radius 1 is 1.29 bits per heavy atom. The molecule has 0 spiro atoms. The van der Waals surface area contributed by atoms with E-state index in [2.05, 4.69) is 26.1 Å². The Balaban J connectivity index is 1.82. The minimum Gasteiger partial charge on any atom is -0.396 e. The lowest BCUT2D eigenvalue weighted by molar-refractivity contribution is 0.216. The highest BCUT2D eigenvalue weighted by molar-refractivity contribution is 7.09. The van der Waals surface area contributed by atoms with Gasteiger partial charge >= 0.3 is 0 Å². The van der Waals surface area contributed by atoms with Crippen molar-refractivity contribution in [1.29, 1.82) is 0 Å². The van der Waals surface area contributed by atoms with Crippen molar-refractivity contribution in [1.82, 2.24) is 14.3 Å². The molecule has 1 aliphatic rings. The topological polar surface area (TPSA) is 52.5 Å². The normalized spacial score (nSPS) is 17.6. The number of nitrogens with zero attached hydrogens (tertiary/aromatic N) is 4. The quantitative estimate of drug-likeness (QED) is 0.836. The van der Waals surface area contributed by atoms with E-state index in [9.17, 15) is 0 Å². The molecule has 17 heavy (non-hydrogen) atoms. The third-order valence-corrected chi connectivity index (χ3v) is 3.86. The van der Waals surface area contributed by atoms with Gasteiger partial charge in [-0.2, -0.15) is 4.37 Å². The molecule has 1 saturated heterocycles. The number of hydrogen-bond acceptors (Lipinski definition) is 6. The van der Waals surface area contributed by atoms with Crippen LogP contribution in [-0.2, 0) is 6.42 Å². The van der Waals surface area contributed by atoms with Crippen LogP contribution in [0.15, 0.2) is 0 Å². The van der Waals surface area contributed by atoms with Gasteiger partial charge in [0.15, 0.2) is 0 Å². The predicted molar refractivity (Wildman–Crippen MR) is 69.6 cm³/mol. The molecule has 5 nitrogen and oxygen atoms in total. The lowest BCUT2D eigenvalue weighted by Crippen LogP contribution is -2.46. The summed E-state index contributed by atoms with van der Waals surface area (Å²) in [4.78, 5) is 9.22. The van der Waals surface area contributed by atoms with E-state index >= 15 is 0 Å². The van der Waals surface area contributed by atoms with Gasteiger partial charge in [-0.25, -0.2) is 4.98 Å². The van der Waals surface area contributed by atoms with Crippen LogP contribution in [0.25, 0.3) is 0 Å². The molecule has 0 bridgehead atoms. The van der Waals surface area contributed by atoms with Crippen molar-refractivity contribution in [2.24, 2.45) is 0 Å². The first kappa shape index (κ1) is 12.7. The number of piperazine rings is 1. The van der Waals surface area contributed by atoms with Gasteiger partial charge < -0.3 is 10.0 Å². The van der Waals surface area contributed by atoms with Crippen LogP contribution in [0.2, 0.25) is 0 Å². The third-order valence-electron chi connectivity index (χ3n) is 3.05. The predicted octanol–water partition coefficient (Wildman–Crippen LogP) is 0.605. The van der Waals surface area contributed by atoms with Crippen LogP contribution in [0.5, 0.6) is 0 Å². The molecule has 1 aliphatic heterocycles. The summed E-state index contributed by atoms with van der Waals surface area (Å²) in [6.07, 6.45) is 1.78. The molecule has 0 aromatic carbocycles. The highest BCUT2D eigenvalue weighted by Crippen LogP contribution is 2.19. The summed E-state index contributed by atoms with van der Waals surface area (Å²) in [5.41, 5.74) is 0. The Labute approximate surface area is 106 Å². The average molecular weight is 256 g/mol. The van der Waals surface area contributed by atoms with Crippen LogP contribution in [0, 0.1) is 0 Å². The minimum absolute atomic E-state index is 0.288. The Bertz CT molecular complexity index is 336. The van der Waals surface area contributed by atoms with E-state index in [1.54, 1.807) is 0 Å². The van der Waals surface area contributed by atoms with Crippen molar-refractivity contribution in [3.63, 3.8) is 0 Å². The van der Waals surface area contributed by atoms with E-state index in [1.807, 2.05) is 0 Å². The van der Waals surface area contributed by atoms with Crippen LogP contribution in [0.4, 0.5) is 5.13 Å². The van der Waals surface area contributed by atoms with E-state index in [0.717, 1.165) is 56.5 Å². The third kappa shape index (κ3) is 3.37. The molecule has 0 aliphatic carbocycles. The second kappa shape index (κ2) is 6.28. The Hall–Kier alpha value is -0.720. The standard InChI is InChI=1S/C11H20N4OS/c1-2-10-12-11(17-13-10)15-7-5-14(6-8-15)4-3-9-16/h16H,2-9H2,1H3. The monoisotopic (exact) mass is 256 g/mol. The summed E-state index contributed by atoms with van der Waals surface area (Å²) >= 11 is 1.51. The molecule has 0 saturated carbocycles. The van der Waals surface area contributed by atoms with Gasteiger partial charge in [0, 0.05) is 57.3 Å². The second-order valence-corrected chi connectivity index (χ2v) is 4.98. The summed E-state index contributed by atoms with van der Waals surface area (Å²) in [5.74, 6) is 0.952. The lowest BCUT2D eigenvalue weighted by atomic mass is 10.3. The van der Waals surface area contributed by atoms with Gasteiger partial charge in [0.1, 0.15) is 5.82 Å². The minimum atomic E-state index is 0.288. The SMILES string of the molecule is CCc1nsc(N2CCN(CCCO)CC2)n1. The maximum atomic E-state index is 8.80. The van der Waals surface area contributed by atoms with Gasteiger partial charge in [-0.3, -0.25) is 4.90 Å². The summed E-state index contributed by atoms with van der Waals surface area (Å²) in [7, 11) is 0. The number of hydrogen-bond donors (Lipinski definition) is 1. The zero-order chi connectivity index (χ0) is 12.1. The second-order valence-electron chi connectivity index (χ2n) is 4.25. The van der Waals surface area contributed by atoms with Crippen molar-refractivity contribution in [3.05, 3.63) is 5.82 Å². The van der Waals surface area contributed by atoms with Crippen LogP contribution in [0.3, 0.4) is 0 Å². The zero-order valence-electron chi connectivity index (χ0n) is 10.3. The lowest BCUT2D eigenvalue weighted by Gasteiger charge is -2.34. The van der Waals surface area contributed by atoms with E-state index < -0.39 is 0 Å². The highest BCUT2D eigenvalue weighted by Gasteiger charge is 2.19. The summed E-state index contributed by atoms with van der Waals surface area (Å²) in [6.45, 7) is 7.52. The summed E-state index contributed by atoms with van der Waals surface area (Å²) in [6, 6.07) is 0. The molecule has 2 rings (SSSR count). The number of rotatable bonds is 5. The van der Waals surface area contributed by atoms with Crippen molar-refractivity contribution in [2.75, 3.05) is 44.2 Å². The van der Waals surface area contributed by atoms with Crippen molar-refractivity contribution < 1.29 is 5.11 Å². The number of aryl methyl sites for hydroxylation is 1. The zero-order valence-corrected chi connectivity index (χ0v) is 11.1. The molecular formula is C11H20N4OS. The molecule has 0 radical (unpaired) electrons. The summed E-state index contributed by atoms with van der Waals surface area (Å²) < 4.78 is 4.32. The molecule has 0 unspecified atom stereocenters. The maximum absolute atomic E-state index is 8.80. The Kier molecular flexibility index (Phi) is 4.70. The van der Waals surface area contributed by atoms with E-state index in [-0.39, 0.29) is 6.61 Å². The molecule has 1 N–H and O–H groups in total. The average Bonchev–Trinajstić information content (AvgIpc) is 2.86. The number of anilines is 1. The summed E-state index contributed by atoms with van der Waals surface area (Å²) in [5, 5.41) is 9.86. The molecule has 1 aromatic rings. The molecule has 2 heterocycles. The van der Waals surface area contributed by atoms with Gasteiger partial charge in [-0.05, 0) is 6.42 Å². The van der Waals surface area contributed by atoms with E-state index in [0.29, 0.717) is 0 Å². The fourth-order valence-corrected chi connectivity index (χ4v) is 2.78. The van der Waals surface area contributed by atoms with E-state index in [4.69, 9.17) is 5.11 Å². The van der Waals surface area contributed by atoms with E-state index in [1.165, 1.54) is 11.5 Å². The van der Waals surface area contributed by atoms with Gasteiger partial charge in [-0.1, -0.05) is 6.92 Å². The van der Waals surface area contributed by atoms with Gasteiger partial charge in [-0.15, -0.1) is 0 Å². The maximum Gasteiger partial charge on any atom is 0.205 e. The molecule has 6 heteroatoms. The first-order valence-electron chi connectivity index (χ1n) is 6.24. The largest absolute Gasteiger partial charge is 0.396 e. The van der Waals surface area contributed by atoms with Gasteiger partial charge in [0.2, 0.25) is 5.13 Å². The van der Waals surface area contributed by atoms with Crippen LogP contribution >= 0.6 is 11.5 Å². The smallest absolute Gasteiger partial charge is 0.205 e. The van der Waals surface area contributed by atoms with Crippen molar-refractivity contribution in [2.45, 2.75) is 19.8 Å². The number of aliphatic hydroxyl groups is 1. The van der Waals surface area contributed by atoms with Crippen LogP contribution in [-0.4, -0.2) is 58.7 Å². The van der Waals surface area contributed by atoms with Gasteiger partial charge in [0.25, 0.3) is 0 Å². The van der Waals surface area contributed by atoms with Crippen LogP contribution < -0.4 is 4.90 Å². The first-order valence-corrected chi connectivity index (χ1v) is 7.01. The molecule has 1 aromatic heterocycles. The van der Waals surface area contributed by atoms with Crippen molar-refractivity contribution >= 4 is 16.7 Å². The van der Waals surface area contributed by atoms with Crippen LogP contribution in [0.1, 0.15) is 19.2 Å².